The summed E-state index contributed by atoms with van der Waals surface area (Å²) in [6, 6.07) is 0. The second-order valence-electron chi connectivity index (χ2n) is 4.10. The fraction of sp³-hybridized carbons (Fsp3) is 1.00. The van der Waals surface area contributed by atoms with Crippen LogP contribution in [0.1, 0.15) is 47.0 Å². The summed E-state index contributed by atoms with van der Waals surface area (Å²) in [5, 5.41) is 0. The van der Waals surface area contributed by atoms with Crippen LogP contribution in [0.3, 0.4) is 0 Å². The van der Waals surface area contributed by atoms with E-state index in [-0.39, 0.29) is 0 Å². The molecule has 72 valence electrons. The van der Waals surface area contributed by atoms with Crippen molar-refractivity contribution < 1.29 is 0 Å². The second-order valence-corrected chi connectivity index (χ2v) is 4.10. The third-order valence-corrected chi connectivity index (χ3v) is 3.56. The van der Waals surface area contributed by atoms with E-state index in [1.165, 1.54) is 32.4 Å². The van der Waals surface area contributed by atoms with Gasteiger partial charge in [0.25, 0.3) is 0 Å². The van der Waals surface area contributed by atoms with Crippen LogP contribution < -0.4 is 0 Å². The van der Waals surface area contributed by atoms with Gasteiger partial charge in [0.2, 0.25) is 0 Å². The summed E-state index contributed by atoms with van der Waals surface area (Å²) >= 11 is 0. The van der Waals surface area contributed by atoms with Crippen LogP contribution in [0.5, 0.6) is 0 Å². The molecule has 0 aliphatic carbocycles. The minimum absolute atomic E-state index is 0.667. The molecule has 1 nitrogen and oxygen atoms in total. The highest BCUT2D eigenvalue weighted by Gasteiger charge is 2.49. The number of hydrogen-bond acceptors (Lipinski definition) is 1. The average Bonchev–Trinajstić information content (AvgIpc) is 2.32. The van der Waals surface area contributed by atoms with Crippen LogP contribution >= 0.6 is 0 Å². The highest BCUT2D eigenvalue weighted by atomic mass is 15.3. The molecule has 0 radical (unpaired) electrons. The standard InChI is InChI=1S/C9H17N.C2H6/c1-8(2)9-4-3-6-10(9)7-5-9;1-2/h8H,3-7H2,1-2H3;1-2H3. The molecular weight excluding hydrogens is 146 g/mol. The molecule has 2 aliphatic rings. The fourth-order valence-electron chi connectivity index (χ4n) is 2.69. The first-order valence-electron chi connectivity index (χ1n) is 5.51. The molecule has 0 N–H and O–H groups in total. The summed E-state index contributed by atoms with van der Waals surface area (Å²) in [6.07, 6.45) is 4.37. The molecule has 1 unspecified atom stereocenters. The lowest BCUT2D eigenvalue weighted by Gasteiger charge is -2.51. The molecular formula is C11H23N. The normalized spacial score (nSPS) is 33.8. The van der Waals surface area contributed by atoms with Gasteiger partial charge in [0.05, 0.1) is 0 Å². The smallest absolute Gasteiger partial charge is 0.0245 e. The minimum Gasteiger partial charge on any atom is -0.297 e. The van der Waals surface area contributed by atoms with E-state index in [4.69, 9.17) is 0 Å². The topological polar surface area (TPSA) is 3.24 Å². The summed E-state index contributed by atoms with van der Waals surface area (Å²) in [5.41, 5.74) is 0.667. The van der Waals surface area contributed by atoms with Gasteiger partial charge >= 0.3 is 0 Å². The van der Waals surface area contributed by atoms with Gasteiger partial charge in [-0.1, -0.05) is 27.7 Å². The van der Waals surface area contributed by atoms with Crippen molar-refractivity contribution in [2.24, 2.45) is 5.92 Å². The van der Waals surface area contributed by atoms with Crippen LogP contribution in [0, 0.1) is 5.92 Å². The van der Waals surface area contributed by atoms with Gasteiger partial charge < -0.3 is 0 Å². The Morgan fingerprint density at radius 1 is 1.08 bits per heavy atom. The zero-order chi connectivity index (χ0) is 9.19. The van der Waals surface area contributed by atoms with E-state index in [2.05, 4.69) is 18.7 Å². The average molecular weight is 169 g/mol. The third kappa shape index (κ3) is 1.28. The monoisotopic (exact) mass is 169 g/mol. The van der Waals surface area contributed by atoms with Crippen molar-refractivity contribution in [2.75, 3.05) is 13.1 Å². The maximum atomic E-state index is 2.68. The molecule has 0 spiro atoms. The molecule has 0 amide bonds. The highest BCUT2D eigenvalue weighted by Crippen LogP contribution is 2.45. The SMILES string of the molecule is CC.CC(C)C12CCCN1CC2. The quantitative estimate of drug-likeness (QED) is 0.583. The van der Waals surface area contributed by atoms with Crippen molar-refractivity contribution in [1.29, 1.82) is 0 Å². The van der Waals surface area contributed by atoms with E-state index in [1.807, 2.05) is 13.8 Å². The Hall–Kier alpha value is -0.0400. The van der Waals surface area contributed by atoms with Gasteiger partial charge in [-0.2, -0.15) is 0 Å². The molecule has 1 heteroatoms. The van der Waals surface area contributed by atoms with Crippen molar-refractivity contribution in [3.63, 3.8) is 0 Å². The van der Waals surface area contributed by atoms with Crippen molar-refractivity contribution in [3.05, 3.63) is 0 Å². The molecule has 2 fully saturated rings. The van der Waals surface area contributed by atoms with Gasteiger partial charge in [-0.15, -0.1) is 0 Å². The van der Waals surface area contributed by atoms with Crippen molar-refractivity contribution in [3.8, 4) is 0 Å². The lowest BCUT2D eigenvalue weighted by Crippen LogP contribution is -2.58. The van der Waals surface area contributed by atoms with Gasteiger partial charge in [-0.3, -0.25) is 4.90 Å². The molecule has 2 saturated heterocycles. The Balaban J connectivity index is 0.000000336. The zero-order valence-electron chi connectivity index (χ0n) is 9.06. The zero-order valence-corrected chi connectivity index (χ0v) is 9.06. The Morgan fingerprint density at radius 3 is 2.00 bits per heavy atom. The first kappa shape index (κ1) is 10.0. The van der Waals surface area contributed by atoms with Crippen molar-refractivity contribution >= 4 is 0 Å². The fourth-order valence-corrected chi connectivity index (χ4v) is 2.69. The molecule has 2 rings (SSSR count). The van der Waals surface area contributed by atoms with E-state index in [1.54, 1.807) is 0 Å². The van der Waals surface area contributed by atoms with Gasteiger partial charge in [0.1, 0.15) is 0 Å². The van der Waals surface area contributed by atoms with Gasteiger partial charge in [-0.05, 0) is 31.7 Å². The maximum absolute atomic E-state index is 2.68. The first-order chi connectivity index (χ1) is 5.76. The van der Waals surface area contributed by atoms with E-state index in [0.29, 0.717) is 5.54 Å². The lowest BCUT2D eigenvalue weighted by atomic mass is 9.76. The molecule has 1 atom stereocenters. The molecule has 12 heavy (non-hydrogen) atoms. The van der Waals surface area contributed by atoms with Crippen LogP contribution in [-0.2, 0) is 0 Å². The Labute approximate surface area is 77.1 Å². The first-order valence-corrected chi connectivity index (χ1v) is 5.51. The predicted molar refractivity (Wildman–Crippen MR) is 54.3 cm³/mol. The number of nitrogens with zero attached hydrogens (tertiary/aromatic N) is 1. The molecule has 2 aliphatic heterocycles. The summed E-state index contributed by atoms with van der Waals surface area (Å²) in [6.45, 7) is 11.5. The second kappa shape index (κ2) is 3.78. The summed E-state index contributed by atoms with van der Waals surface area (Å²) < 4.78 is 0. The Bertz CT molecular complexity index is 142. The van der Waals surface area contributed by atoms with E-state index < -0.39 is 0 Å². The molecule has 0 bridgehead atoms. The largest absolute Gasteiger partial charge is 0.297 e. The van der Waals surface area contributed by atoms with Crippen LogP contribution in [0.15, 0.2) is 0 Å². The number of hydrogen-bond donors (Lipinski definition) is 0. The number of fused-ring (bicyclic) bond motifs is 1. The summed E-state index contributed by atoms with van der Waals surface area (Å²) in [4.78, 5) is 2.68. The predicted octanol–water partition coefficient (Wildman–Crippen LogP) is 2.91. The molecule has 0 aromatic carbocycles. The molecule has 0 saturated carbocycles. The maximum Gasteiger partial charge on any atom is 0.0245 e. The van der Waals surface area contributed by atoms with Crippen LogP contribution in [-0.4, -0.2) is 23.5 Å². The Kier molecular flexibility index (Phi) is 3.16. The molecule has 0 aromatic heterocycles. The third-order valence-electron chi connectivity index (χ3n) is 3.56. The highest BCUT2D eigenvalue weighted by molar-refractivity contribution is 5.05. The van der Waals surface area contributed by atoms with Crippen molar-refractivity contribution in [2.45, 2.75) is 52.5 Å². The summed E-state index contributed by atoms with van der Waals surface area (Å²) in [5.74, 6) is 0.878. The van der Waals surface area contributed by atoms with Crippen LogP contribution in [0.2, 0.25) is 0 Å². The van der Waals surface area contributed by atoms with Gasteiger partial charge in [0.15, 0.2) is 0 Å². The lowest BCUT2D eigenvalue weighted by molar-refractivity contribution is -0.0116. The number of rotatable bonds is 1. The Morgan fingerprint density at radius 2 is 1.75 bits per heavy atom. The summed E-state index contributed by atoms with van der Waals surface area (Å²) in [7, 11) is 0. The van der Waals surface area contributed by atoms with E-state index >= 15 is 0 Å². The van der Waals surface area contributed by atoms with Crippen LogP contribution in [0.4, 0.5) is 0 Å². The van der Waals surface area contributed by atoms with Gasteiger partial charge in [0, 0.05) is 12.1 Å². The molecule has 0 aromatic rings. The molecule has 2 heterocycles. The minimum atomic E-state index is 0.667. The van der Waals surface area contributed by atoms with Crippen molar-refractivity contribution in [1.82, 2.24) is 4.90 Å². The van der Waals surface area contributed by atoms with E-state index in [9.17, 15) is 0 Å². The van der Waals surface area contributed by atoms with Crippen LogP contribution in [0.25, 0.3) is 0 Å². The van der Waals surface area contributed by atoms with Gasteiger partial charge in [-0.25, -0.2) is 0 Å². The van der Waals surface area contributed by atoms with E-state index in [0.717, 1.165) is 5.92 Å².